The lowest BCUT2D eigenvalue weighted by atomic mass is 9.71. The molecule has 108 valence electrons. The van der Waals surface area contributed by atoms with E-state index >= 15 is 0 Å². The predicted molar refractivity (Wildman–Crippen MR) is 71.4 cm³/mol. The summed E-state index contributed by atoms with van der Waals surface area (Å²) in [6.45, 7) is 4.70. The highest BCUT2D eigenvalue weighted by Crippen LogP contribution is 2.39. The van der Waals surface area contributed by atoms with E-state index in [4.69, 9.17) is 0 Å². The summed E-state index contributed by atoms with van der Waals surface area (Å²) in [5, 5.41) is 15.9. The molecule has 0 aromatic heterocycles. The topological polar surface area (TPSA) is 78.4 Å². The van der Waals surface area contributed by atoms with Crippen molar-refractivity contribution in [3.8, 4) is 0 Å². The monoisotopic (exact) mass is 268 g/mol. The van der Waals surface area contributed by atoms with Crippen molar-refractivity contribution >= 4 is 11.8 Å². The number of carbonyl (C=O) groups is 2. The zero-order chi connectivity index (χ0) is 14.1. The highest BCUT2D eigenvalue weighted by molar-refractivity contribution is 5.90. The molecule has 0 radical (unpaired) electrons. The summed E-state index contributed by atoms with van der Waals surface area (Å²) < 4.78 is 0. The summed E-state index contributed by atoms with van der Waals surface area (Å²) in [6.07, 6.45) is 4.35. The first kappa shape index (κ1) is 14.3. The van der Waals surface area contributed by atoms with Gasteiger partial charge in [-0.2, -0.15) is 0 Å². The number of nitrogens with one attached hydrogen (secondary N) is 2. The first-order chi connectivity index (χ1) is 8.80. The summed E-state index contributed by atoms with van der Waals surface area (Å²) in [4.78, 5) is 22.9. The quantitative estimate of drug-likeness (QED) is 0.705. The molecule has 0 spiro atoms. The van der Waals surface area contributed by atoms with Crippen molar-refractivity contribution in [1.82, 2.24) is 10.6 Å². The number of hydrogen-bond donors (Lipinski definition) is 3. The van der Waals surface area contributed by atoms with Gasteiger partial charge in [-0.1, -0.05) is 13.8 Å². The van der Waals surface area contributed by atoms with Crippen LogP contribution in [0.25, 0.3) is 0 Å². The van der Waals surface area contributed by atoms with Gasteiger partial charge < -0.3 is 15.7 Å². The van der Waals surface area contributed by atoms with Gasteiger partial charge in [-0.15, -0.1) is 0 Å². The molecule has 0 aromatic rings. The van der Waals surface area contributed by atoms with Gasteiger partial charge in [0.05, 0.1) is 5.60 Å². The van der Waals surface area contributed by atoms with Crippen molar-refractivity contribution in [3.05, 3.63) is 0 Å². The van der Waals surface area contributed by atoms with E-state index in [1.165, 1.54) is 0 Å². The fraction of sp³-hybridized carbons (Fsp3) is 0.857. The Kier molecular flexibility index (Phi) is 3.85. The van der Waals surface area contributed by atoms with Crippen LogP contribution in [0, 0.1) is 5.41 Å². The smallest absolute Gasteiger partial charge is 0.242 e. The van der Waals surface area contributed by atoms with Crippen LogP contribution in [0.1, 0.15) is 52.4 Å². The van der Waals surface area contributed by atoms with Crippen LogP contribution in [-0.2, 0) is 9.59 Å². The molecule has 1 aliphatic heterocycles. The highest BCUT2D eigenvalue weighted by Gasteiger charge is 2.37. The third-order valence-corrected chi connectivity index (χ3v) is 4.44. The van der Waals surface area contributed by atoms with Crippen molar-refractivity contribution in [3.63, 3.8) is 0 Å². The molecule has 1 saturated carbocycles. The molecule has 3 N–H and O–H groups in total. The van der Waals surface area contributed by atoms with Crippen LogP contribution >= 0.6 is 0 Å². The fourth-order valence-corrected chi connectivity index (χ4v) is 2.75. The van der Waals surface area contributed by atoms with E-state index in [0.717, 1.165) is 25.7 Å². The number of rotatable bonds is 3. The minimum absolute atomic E-state index is 0.0710. The Morgan fingerprint density at radius 1 is 1.37 bits per heavy atom. The van der Waals surface area contributed by atoms with Crippen molar-refractivity contribution in [1.29, 1.82) is 0 Å². The maximum Gasteiger partial charge on any atom is 0.242 e. The molecule has 1 aliphatic carbocycles. The van der Waals surface area contributed by atoms with Crippen LogP contribution < -0.4 is 10.6 Å². The van der Waals surface area contributed by atoms with Gasteiger partial charge >= 0.3 is 0 Å². The number of hydrogen-bond acceptors (Lipinski definition) is 3. The average Bonchev–Trinajstić information content (AvgIpc) is 2.78. The molecule has 5 heteroatoms. The van der Waals surface area contributed by atoms with E-state index in [9.17, 15) is 14.7 Å². The van der Waals surface area contributed by atoms with E-state index in [1.54, 1.807) is 0 Å². The first-order valence-corrected chi connectivity index (χ1v) is 7.09. The molecule has 0 unspecified atom stereocenters. The molecule has 2 aliphatic rings. The molecule has 5 nitrogen and oxygen atoms in total. The summed E-state index contributed by atoms with van der Waals surface area (Å²) >= 11 is 0. The molecule has 0 bridgehead atoms. The van der Waals surface area contributed by atoms with Crippen LogP contribution in [0.15, 0.2) is 0 Å². The summed E-state index contributed by atoms with van der Waals surface area (Å²) in [5.74, 6) is -0.248. The Balaban J connectivity index is 1.79. The lowest BCUT2D eigenvalue weighted by molar-refractivity contribution is -0.127. The molecular weight excluding hydrogens is 244 g/mol. The maximum atomic E-state index is 11.9. The standard InChI is InChI=1S/C14H24N2O3/c1-13(2)5-7-14(19,8-6-13)9-15-12(18)10-3-4-11(17)16-10/h10,19H,3-9H2,1-2H3,(H,15,18)(H,16,17)/t10-/m0/s1. The first-order valence-electron chi connectivity index (χ1n) is 7.09. The number of carbonyl (C=O) groups excluding carboxylic acids is 2. The van der Waals surface area contributed by atoms with Crippen molar-refractivity contribution in [2.45, 2.75) is 64.0 Å². The Labute approximate surface area is 114 Å². The molecule has 0 aromatic carbocycles. The second-order valence-electron chi connectivity index (χ2n) is 6.77. The van der Waals surface area contributed by atoms with Crippen molar-refractivity contribution in [2.75, 3.05) is 6.54 Å². The van der Waals surface area contributed by atoms with Crippen LogP contribution in [0.3, 0.4) is 0 Å². The third-order valence-electron chi connectivity index (χ3n) is 4.44. The Bertz CT molecular complexity index is 369. The number of amides is 2. The van der Waals surface area contributed by atoms with E-state index in [1.807, 2.05) is 0 Å². The average molecular weight is 268 g/mol. The summed E-state index contributed by atoms with van der Waals surface area (Å²) in [7, 11) is 0. The van der Waals surface area contributed by atoms with E-state index in [2.05, 4.69) is 24.5 Å². The van der Waals surface area contributed by atoms with Crippen LogP contribution in [0.5, 0.6) is 0 Å². The van der Waals surface area contributed by atoms with Crippen LogP contribution in [-0.4, -0.2) is 35.1 Å². The molecular formula is C14H24N2O3. The van der Waals surface area contributed by atoms with E-state index in [0.29, 0.717) is 12.8 Å². The Morgan fingerprint density at radius 2 is 2.00 bits per heavy atom. The minimum atomic E-state index is -0.784. The van der Waals surface area contributed by atoms with E-state index in [-0.39, 0.29) is 23.8 Å². The van der Waals surface area contributed by atoms with Gasteiger partial charge in [0, 0.05) is 13.0 Å². The molecule has 2 fully saturated rings. The van der Waals surface area contributed by atoms with Gasteiger partial charge in [0.15, 0.2) is 0 Å². The second-order valence-corrected chi connectivity index (χ2v) is 6.77. The molecule has 1 atom stereocenters. The normalized spacial score (nSPS) is 28.8. The largest absolute Gasteiger partial charge is 0.388 e. The van der Waals surface area contributed by atoms with Gasteiger partial charge in [-0.25, -0.2) is 0 Å². The molecule has 1 heterocycles. The SMILES string of the molecule is CC1(C)CCC(O)(CNC(=O)[C@@H]2CCC(=O)N2)CC1. The van der Waals surface area contributed by atoms with Crippen molar-refractivity contribution in [2.24, 2.45) is 5.41 Å². The molecule has 2 amide bonds. The molecule has 1 saturated heterocycles. The van der Waals surface area contributed by atoms with Crippen LogP contribution in [0.2, 0.25) is 0 Å². The van der Waals surface area contributed by atoms with Gasteiger partial charge in [0.25, 0.3) is 0 Å². The summed E-state index contributed by atoms with van der Waals surface area (Å²) in [6, 6.07) is -0.420. The van der Waals surface area contributed by atoms with Gasteiger partial charge in [0.2, 0.25) is 11.8 Å². The minimum Gasteiger partial charge on any atom is -0.388 e. The third kappa shape index (κ3) is 3.69. The lowest BCUT2D eigenvalue weighted by Crippen LogP contribution is -2.50. The Morgan fingerprint density at radius 3 is 2.53 bits per heavy atom. The summed E-state index contributed by atoms with van der Waals surface area (Å²) in [5.41, 5.74) is -0.497. The van der Waals surface area contributed by atoms with Crippen molar-refractivity contribution < 1.29 is 14.7 Å². The predicted octanol–water partition coefficient (Wildman–Crippen LogP) is 0.712. The van der Waals surface area contributed by atoms with Gasteiger partial charge in [0.1, 0.15) is 6.04 Å². The zero-order valence-corrected chi connectivity index (χ0v) is 11.8. The second kappa shape index (κ2) is 5.12. The van der Waals surface area contributed by atoms with Crippen LogP contribution in [0.4, 0.5) is 0 Å². The number of aliphatic hydroxyl groups is 1. The highest BCUT2D eigenvalue weighted by atomic mass is 16.3. The van der Waals surface area contributed by atoms with E-state index < -0.39 is 11.6 Å². The van der Waals surface area contributed by atoms with Gasteiger partial charge in [-0.05, 0) is 37.5 Å². The molecule has 19 heavy (non-hydrogen) atoms. The maximum absolute atomic E-state index is 11.9. The lowest BCUT2D eigenvalue weighted by Gasteiger charge is -2.40. The van der Waals surface area contributed by atoms with Gasteiger partial charge in [-0.3, -0.25) is 9.59 Å². The fourth-order valence-electron chi connectivity index (χ4n) is 2.75. The molecule has 2 rings (SSSR count). The zero-order valence-electron chi connectivity index (χ0n) is 11.8. The Hall–Kier alpha value is -1.10.